The van der Waals surface area contributed by atoms with Gasteiger partial charge >= 0.3 is 0 Å². The molecule has 0 unspecified atom stereocenters. The number of benzene rings is 3. The largest absolute Gasteiger partial charge is 0.326 e. The maximum absolute atomic E-state index is 12.4. The van der Waals surface area contributed by atoms with Crippen molar-refractivity contribution in [3.8, 4) is 0 Å². The first kappa shape index (κ1) is 20.2. The molecule has 0 aromatic heterocycles. The highest BCUT2D eigenvalue weighted by atomic mass is 35.5. The first-order valence-corrected chi connectivity index (χ1v) is 11.1. The molecule has 146 valence electrons. The van der Waals surface area contributed by atoms with Gasteiger partial charge in [-0.05, 0) is 42.1 Å². The van der Waals surface area contributed by atoms with E-state index in [0.717, 1.165) is 22.7 Å². The average Bonchev–Trinajstić information content (AvgIpc) is 2.66. The van der Waals surface area contributed by atoms with Crippen LogP contribution in [0.4, 0.5) is 11.4 Å². The van der Waals surface area contributed by atoms with E-state index < -0.39 is 10.0 Å². The molecule has 1 amide bonds. The quantitative estimate of drug-likeness (QED) is 0.608. The maximum Gasteiger partial charge on any atom is 0.232 e. The molecule has 1 N–H and O–H groups in total. The average molecular weight is 417 g/mol. The summed E-state index contributed by atoms with van der Waals surface area (Å²) >= 11 is 5.87. The number of hydrogen-bond acceptors (Lipinski definition) is 3. The van der Waals surface area contributed by atoms with E-state index in [0.29, 0.717) is 17.1 Å². The number of hydrogen-bond donors (Lipinski definition) is 1. The highest BCUT2D eigenvalue weighted by Gasteiger charge is 2.17. The molecule has 3 aromatic rings. The fraction of sp³-hybridized carbons (Fsp3) is 0.190. The van der Waals surface area contributed by atoms with Gasteiger partial charge in [0, 0.05) is 29.1 Å². The third-order valence-corrected chi connectivity index (χ3v) is 5.79. The van der Waals surface area contributed by atoms with Gasteiger partial charge < -0.3 is 5.32 Å². The fourth-order valence-electron chi connectivity index (χ4n) is 3.02. The van der Waals surface area contributed by atoms with E-state index in [9.17, 15) is 13.2 Å². The van der Waals surface area contributed by atoms with Crippen LogP contribution in [0.15, 0.2) is 66.7 Å². The lowest BCUT2D eigenvalue weighted by Gasteiger charge is -2.22. The van der Waals surface area contributed by atoms with E-state index in [1.54, 1.807) is 24.3 Å². The molecule has 5 nitrogen and oxygen atoms in total. The van der Waals surface area contributed by atoms with Crippen molar-refractivity contribution in [2.24, 2.45) is 0 Å². The Kier molecular flexibility index (Phi) is 6.21. The zero-order valence-corrected chi connectivity index (χ0v) is 17.0. The van der Waals surface area contributed by atoms with Crippen LogP contribution in [0.3, 0.4) is 0 Å². The van der Waals surface area contributed by atoms with Crippen LogP contribution < -0.4 is 9.62 Å². The van der Waals surface area contributed by atoms with Gasteiger partial charge in [-0.1, -0.05) is 48.0 Å². The normalized spacial score (nSPS) is 11.4. The van der Waals surface area contributed by atoms with Crippen LogP contribution in [-0.2, 0) is 14.8 Å². The van der Waals surface area contributed by atoms with Gasteiger partial charge in [0.05, 0.1) is 11.9 Å². The zero-order valence-electron chi connectivity index (χ0n) is 15.4. The fourth-order valence-corrected chi connectivity index (χ4v) is 4.12. The summed E-state index contributed by atoms with van der Waals surface area (Å²) in [6.07, 6.45) is 1.76. The van der Waals surface area contributed by atoms with E-state index >= 15 is 0 Å². The molecule has 0 aliphatic rings. The van der Waals surface area contributed by atoms with Crippen LogP contribution in [0.5, 0.6) is 0 Å². The second-order valence-corrected chi connectivity index (χ2v) is 8.83. The van der Waals surface area contributed by atoms with Crippen molar-refractivity contribution in [2.45, 2.75) is 12.8 Å². The van der Waals surface area contributed by atoms with Crippen molar-refractivity contribution in [2.75, 3.05) is 22.4 Å². The molecule has 0 atom stereocenters. The second kappa shape index (κ2) is 8.63. The summed E-state index contributed by atoms with van der Waals surface area (Å²) in [5.41, 5.74) is 1.28. The molecule has 0 aliphatic carbocycles. The van der Waals surface area contributed by atoms with Gasteiger partial charge in [-0.25, -0.2) is 8.42 Å². The van der Waals surface area contributed by atoms with Crippen molar-refractivity contribution in [1.29, 1.82) is 0 Å². The summed E-state index contributed by atoms with van der Waals surface area (Å²) in [6, 6.07) is 20.1. The molecule has 0 fully saturated rings. The minimum atomic E-state index is -3.46. The van der Waals surface area contributed by atoms with Crippen LogP contribution in [0.25, 0.3) is 10.8 Å². The third kappa shape index (κ3) is 5.03. The number of halogens is 1. The Morgan fingerprint density at radius 2 is 1.68 bits per heavy atom. The number of carbonyl (C=O) groups is 1. The van der Waals surface area contributed by atoms with Crippen molar-refractivity contribution in [1.82, 2.24) is 0 Å². The lowest BCUT2D eigenvalue weighted by atomic mass is 10.1. The first-order valence-electron chi connectivity index (χ1n) is 8.85. The zero-order chi connectivity index (χ0) is 20.1. The summed E-state index contributed by atoms with van der Waals surface area (Å²) in [5.74, 6) is -0.152. The topological polar surface area (TPSA) is 66.5 Å². The third-order valence-electron chi connectivity index (χ3n) is 4.34. The van der Waals surface area contributed by atoms with Crippen LogP contribution in [-0.4, -0.2) is 27.1 Å². The smallest absolute Gasteiger partial charge is 0.232 e. The molecule has 0 spiro atoms. The van der Waals surface area contributed by atoms with Crippen LogP contribution in [0.2, 0.25) is 5.02 Å². The first-order chi connectivity index (χ1) is 13.3. The summed E-state index contributed by atoms with van der Waals surface area (Å²) < 4.78 is 25.5. The van der Waals surface area contributed by atoms with Gasteiger partial charge in [0.2, 0.25) is 15.9 Å². The molecule has 0 saturated heterocycles. The summed E-state index contributed by atoms with van der Waals surface area (Å²) in [4.78, 5) is 12.4. The van der Waals surface area contributed by atoms with Gasteiger partial charge in [-0.3, -0.25) is 9.10 Å². The van der Waals surface area contributed by atoms with E-state index in [4.69, 9.17) is 11.6 Å². The number of nitrogens with one attached hydrogen (secondary N) is 1. The Balaban J connectivity index is 1.64. The molecule has 3 rings (SSSR count). The molecule has 7 heteroatoms. The summed E-state index contributed by atoms with van der Waals surface area (Å²) in [5, 5.41) is 5.47. The molecule has 0 aliphatic heterocycles. The SMILES string of the molecule is CS(=O)(=O)N(CCCC(=O)Nc1cccc2ccccc12)c1ccc(Cl)cc1. The molecule has 0 heterocycles. The Bertz CT molecular complexity index is 1080. The molecule has 0 radical (unpaired) electrons. The van der Waals surface area contributed by atoms with Crippen LogP contribution in [0, 0.1) is 0 Å². The van der Waals surface area contributed by atoms with Crippen molar-refractivity contribution < 1.29 is 13.2 Å². The summed E-state index contributed by atoms with van der Waals surface area (Å²) in [6.45, 7) is 0.212. The monoisotopic (exact) mass is 416 g/mol. The number of sulfonamides is 1. The van der Waals surface area contributed by atoms with Crippen LogP contribution in [0.1, 0.15) is 12.8 Å². The predicted octanol–water partition coefficient (Wildman–Crippen LogP) is 4.68. The highest BCUT2D eigenvalue weighted by molar-refractivity contribution is 7.92. The van der Waals surface area contributed by atoms with E-state index in [1.165, 1.54) is 4.31 Å². The van der Waals surface area contributed by atoms with Gasteiger partial charge in [-0.15, -0.1) is 0 Å². The molecular weight excluding hydrogens is 396 g/mol. The number of carbonyl (C=O) groups excluding carboxylic acids is 1. The molecule has 28 heavy (non-hydrogen) atoms. The molecular formula is C21H21ClN2O3S. The van der Waals surface area contributed by atoms with E-state index in [-0.39, 0.29) is 18.9 Å². The molecule has 0 saturated carbocycles. The number of anilines is 2. The number of nitrogens with zero attached hydrogens (tertiary/aromatic N) is 1. The van der Waals surface area contributed by atoms with E-state index in [2.05, 4.69) is 5.32 Å². The minimum Gasteiger partial charge on any atom is -0.326 e. The number of fused-ring (bicyclic) bond motifs is 1. The maximum atomic E-state index is 12.4. The van der Waals surface area contributed by atoms with Gasteiger partial charge in [0.15, 0.2) is 0 Å². The molecule has 3 aromatic carbocycles. The standard InChI is InChI=1S/C21H21ClN2O3S/c1-28(26,27)24(18-13-11-17(22)12-14-18)15-5-10-21(25)23-20-9-4-7-16-6-2-3-8-19(16)20/h2-4,6-9,11-14H,5,10,15H2,1H3,(H,23,25). The second-order valence-electron chi connectivity index (χ2n) is 6.49. The Morgan fingerprint density at radius 3 is 2.39 bits per heavy atom. The van der Waals surface area contributed by atoms with E-state index in [1.807, 2.05) is 42.5 Å². The lowest BCUT2D eigenvalue weighted by molar-refractivity contribution is -0.116. The van der Waals surface area contributed by atoms with Crippen molar-refractivity contribution in [3.05, 3.63) is 71.8 Å². The van der Waals surface area contributed by atoms with Crippen molar-refractivity contribution in [3.63, 3.8) is 0 Å². The molecule has 0 bridgehead atoms. The highest BCUT2D eigenvalue weighted by Crippen LogP contribution is 2.24. The summed E-state index contributed by atoms with van der Waals surface area (Å²) in [7, 11) is -3.46. The van der Waals surface area contributed by atoms with Crippen LogP contribution >= 0.6 is 11.6 Å². The minimum absolute atomic E-state index is 0.152. The predicted molar refractivity (Wildman–Crippen MR) is 115 cm³/mol. The Hall–Kier alpha value is -2.57. The Labute approximate surface area is 170 Å². The van der Waals surface area contributed by atoms with Gasteiger partial charge in [0.1, 0.15) is 0 Å². The Morgan fingerprint density at radius 1 is 1.00 bits per heavy atom. The van der Waals surface area contributed by atoms with Crippen molar-refractivity contribution >= 4 is 49.7 Å². The number of rotatable bonds is 7. The van der Waals surface area contributed by atoms with Gasteiger partial charge in [-0.2, -0.15) is 0 Å². The number of amides is 1. The lowest BCUT2D eigenvalue weighted by Crippen LogP contribution is -2.31. The van der Waals surface area contributed by atoms with Gasteiger partial charge in [0.25, 0.3) is 0 Å².